The molecule has 1 aliphatic heterocycles. The van der Waals surface area contributed by atoms with Crippen molar-refractivity contribution >= 4 is 40.0 Å². The van der Waals surface area contributed by atoms with Crippen molar-refractivity contribution in [2.75, 3.05) is 29.6 Å². The Kier molecular flexibility index (Phi) is 5.44. The van der Waals surface area contributed by atoms with Crippen LogP contribution in [0, 0.1) is 0 Å². The van der Waals surface area contributed by atoms with Crippen LogP contribution >= 0.6 is 17.0 Å². The van der Waals surface area contributed by atoms with Gasteiger partial charge in [0.2, 0.25) is 0 Å². The van der Waals surface area contributed by atoms with Crippen molar-refractivity contribution in [1.29, 1.82) is 0 Å². The second-order valence-corrected chi connectivity index (χ2v) is 4.90. The van der Waals surface area contributed by atoms with Crippen LogP contribution in [0.15, 0.2) is 54.6 Å². The van der Waals surface area contributed by atoms with Gasteiger partial charge >= 0.3 is 5.97 Å². The quantitative estimate of drug-likeness (QED) is 0.775. The van der Waals surface area contributed by atoms with E-state index in [0.29, 0.717) is 13.3 Å². The molecule has 0 saturated heterocycles. The first-order valence-corrected chi connectivity index (χ1v) is 7.12. The van der Waals surface area contributed by atoms with E-state index < -0.39 is 0 Å². The van der Waals surface area contributed by atoms with Crippen LogP contribution < -0.4 is 9.80 Å². The van der Waals surface area contributed by atoms with Gasteiger partial charge in [0, 0.05) is 5.69 Å². The minimum atomic E-state index is -0.192. The summed E-state index contributed by atoms with van der Waals surface area (Å²) in [5.41, 5.74) is 3.30. The number of esters is 1. The van der Waals surface area contributed by atoms with Crippen LogP contribution in [0.1, 0.15) is 6.92 Å². The minimum Gasteiger partial charge on any atom is -0.465 e. The zero-order valence-corrected chi connectivity index (χ0v) is 14.1. The summed E-state index contributed by atoms with van der Waals surface area (Å²) in [5, 5.41) is 0. The number of carbonyl (C=O) groups excluding carboxylic acids is 1. The number of nitrogens with zero attached hydrogens (tertiary/aromatic N) is 2. The minimum absolute atomic E-state index is 0. The first kappa shape index (κ1) is 16.4. The largest absolute Gasteiger partial charge is 0.465 e. The number of para-hydroxylation sites is 3. The number of fused-ring (bicyclic) bond motifs is 1. The number of benzene rings is 2. The molecule has 0 fully saturated rings. The number of carbonyl (C=O) groups is 1. The molecule has 2 aromatic carbocycles. The van der Waals surface area contributed by atoms with Crippen molar-refractivity contribution in [3.8, 4) is 0 Å². The average Bonchev–Trinajstić information content (AvgIpc) is 2.87. The van der Waals surface area contributed by atoms with Crippen LogP contribution in [0.2, 0.25) is 0 Å². The molecule has 0 radical (unpaired) electrons. The van der Waals surface area contributed by atoms with Gasteiger partial charge in [-0.25, -0.2) is 0 Å². The fourth-order valence-corrected chi connectivity index (χ4v) is 2.61. The van der Waals surface area contributed by atoms with Crippen LogP contribution in [-0.2, 0) is 9.53 Å². The molecular weight excluding hydrogens is 344 g/mol. The lowest BCUT2D eigenvalue weighted by Crippen LogP contribution is -2.33. The van der Waals surface area contributed by atoms with Gasteiger partial charge in [0.1, 0.15) is 6.54 Å². The number of hydrogen-bond donors (Lipinski definition) is 0. The first-order chi connectivity index (χ1) is 10.3. The van der Waals surface area contributed by atoms with Crippen molar-refractivity contribution in [3.05, 3.63) is 54.6 Å². The van der Waals surface area contributed by atoms with Gasteiger partial charge in [-0.15, -0.1) is 17.0 Å². The molecule has 0 unspecified atom stereocenters. The van der Waals surface area contributed by atoms with Crippen molar-refractivity contribution in [3.63, 3.8) is 0 Å². The van der Waals surface area contributed by atoms with Crippen molar-refractivity contribution in [1.82, 2.24) is 0 Å². The molecule has 0 bridgehead atoms. The fraction of sp³-hybridized carbons (Fsp3) is 0.235. The van der Waals surface area contributed by atoms with Crippen LogP contribution in [-0.4, -0.2) is 25.8 Å². The molecule has 3 rings (SSSR count). The first-order valence-electron chi connectivity index (χ1n) is 7.12. The molecular formula is C17H19BrN2O2. The summed E-state index contributed by atoms with van der Waals surface area (Å²) in [6, 6.07) is 18.3. The Balaban J connectivity index is 0.00000176. The fourth-order valence-electron chi connectivity index (χ4n) is 2.61. The Bertz CT molecular complexity index is 634. The van der Waals surface area contributed by atoms with Gasteiger partial charge in [0.05, 0.1) is 24.7 Å². The molecule has 116 valence electrons. The molecule has 0 spiro atoms. The lowest BCUT2D eigenvalue weighted by molar-refractivity contribution is -0.141. The molecule has 4 nitrogen and oxygen atoms in total. The maximum Gasteiger partial charge on any atom is 0.325 e. The van der Waals surface area contributed by atoms with E-state index in [0.717, 1.165) is 17.1 Å². The molecule has 0 saturated carbocycles. The topological polar surface area (TPSA) is 32.8 Å². The number of halogens is 1. The van der Waals surface area contributed by atoms with Crippen LogP contribution in [0.5, 0.6) is 0 Å². The smallest absolute Gasteiger partial charge is 0.325 e. The summed E-state index contributed by atoms with van der Waals surface area (Å²) < 4.78 is 5.06. The number of hydrogen-bond acceptors (Lipinski definition) is 4. The molecule has 0 aromatic heterocycles. The molecule has 0 N–H and O–H groups in total. The number of anilines is 3. The number of ether oxygens (including phenoxy) is 1. The second kappa shape index (κ2) is 7.31. The van der Waals surface area contributed by atoms with E-state index in [2.05, 4.69) is 23.1 Å². The van der Waals surface area contributed by atoms with Crippen LogP contribution in [0.3, 0.4) is 0 Å². The van der Waals surface area contributed by atoms with Gasteiger partial charge in [0.25, 0.3) is 0 Å². The van der Waals surface area contributed by atoms with E-state index in [1.807, 2.05) is 48.2 Å². The van der Waals surface area contributed by atoms with E-state index >= 15 is 0 Å². The van der Waals surface area contributed by atoms with E-state index in [-0.39, 0.29) is 29.5 Å². The van der Waals surface area contributed by atoms with E-state index in [1.165, 1.54) is 0 Å². The Hall–Kier alpha value is -2.01. The summed E-state index contributed by atoms with van der Waals surface area (Å²) in [6.45, 7) is 3.17. The third-order valence-electron chi connectivity index (χ3n) is 3.52. The van der Waals surface area contributed by atoms with Crippen LogP contribution in [0.25, 0.3) is 0 Å². The zero-order chi connectivity index (χ0) is 14.7. The Morgan fingerprint density at radius 2 is 1.68 bits per heavy atom. The van der Waals surface area contributed by atoms with Gasteiger partial charge in [-0.3, -0.25) is 4.79 Å². The predicted molar refractivity (Wildman–Crippen MR) is 94.2 cm³/mol. The zero-order valence-electron chi connectivity index (χ0n) is 12.4. The summed E-state index contributed by atoms with van der Waals surface area (Å²) in [5.74, 6) is -0.192. The standard InChI is InChI=1S/C17H18N2O2.BrH/c1-2-21-17(20)12-18-13-19(14-8-4-3-5-9-14)16-11-7-6-10-15(16)18;/h3-11H,2,12-13H2,1H3;1H. The van der Waals surface area contributed by atoms with Crippen molar-refractivity contribution in [2.45, 2.75) is 6.92 Å². The second-order valence-electron chi connectivity index (χ2n) is 4.90. The number of rotatable bonds is 4. The summed E-state index contributed by atoms with van der Waals surface area (Å²) in [4.78, 5) is 16.0. The van der Waals surface area contributed by atoms with E-state index in [1.54, 1.807) is 0 Å². The van der Waals surface area contributed by atoms with Gasteiger partial charge in [-0.1, -0.05) is 30.3 Å². The van der Waals surface area contributed by atoms with Crippen LogP contribution in [0.4, 0.5) is 17.1 Å². The maximum atomic E-state index is 11.8. The highest BCUT2D eigenvalue weighted by Gasteiger charge is 2.27. The average molecular weight is 363 g/mol. The molecule has 2 aromatic rings. The van der Waals surface area contributed by atoms with Gasteiger partial charge in [-0.05, 0) is 31.2 Å². The Morgan fingerprint density at radius 3 is 2.36 bits per heavy atom. The summed E-state index contributed by atoms with van der Waals surface area (Å²) >= 11 is 0. The molecule has 0 amide bonds. The predicted octanol–water partition coefficient (Wildman–Crippen LogP) is 3.74. The lowest BCUT2D eigenvalue weighted by Gasteiger charge is -2.21. The summed E-state index contributed by atoms with van der Waals surface area (Å²) in [7, 11) is 0. The maximum absolute atomic E-state index is 11.8. The molecule has 0 atom stereocenters. The SMILES string of the molecule is Br.CCOC(=O)CN1CN(c2ccccc2)c2ccccc21. The highest BCUT2D eigenvalue weighted by molar-refractivity contribution is 8.93. The molecule has 0 aliphatic carbocycles. The third kappa shape index (κ3) is 3.25. The van der Waals surface area contributed by atoms with Crippen molar-refractivity contribution < 1.29 is 9.53 Å². The van der Waals surface area contributed by atoms with Crippen molar-refractivity contribution in [2.24, 2.45) is 0 Å². The monoisotopic (exact) mass is 362 g/mol. The summed E-state index contributed by atoms with van der Waals surface area (Å²) in [6.07, 6.45) is 0. The van der Waals surface area contributed by atoms with Gasteiger partial charge < -0.3 is 14.5 Å². The highest BCUT2D eigenvalue weighted by atomic mass is 79.9. The Morgan fingerprint density at radius 1 is 1.05 bits per heavy atom. The lowest BCUT2D eigenvalue weighted by atomic mass is 10.2. The molecule has 1 heterocycles. The third-order valence-corrected chi connectivity index (χ3v) is 3.52. The Labute approximate surface area is 141 Å². The van der Waals surface area contributed by atoms with E-state index in [4.69, 9.17) is 4.74 Å². The highest BCUT2D eigenvalue weighted by Crippen LogP contribution is 2.39. The van der Waals surface area contributed by atoms with Gasteiger partial charge in [-0.2, -0.15) is 0 Å². The van der Waals surface area contributed by atoms with E-state index in [9.17, 15) is 4.79 Å². The van der Waals surface area contributed by atoms with Gasteiger partial charge in [0.15, 0.2) is 0 Å². The molecule has 1 aliphatic rings. The molecule has 22 heavy (non-hydrogen) atoms. The normalized spacial score (nSPS) is 12.6. The molecule has 5 heteroatoms.